The fourth-order valence-corrected chi connectivity index (χ4v) is 2.18. The zero-order valence-electron chi connectivity index (χ0n) is 12.2. The third-order valence-electron chi connectivity index (χ3n) is 3.19. The first kappa shape index (κ1) is 15.1. The Morgan fingerprint density at radius 2 is 1.87 bits per heavy atom. The number of benzene rings is 2. The van der Waals surface area contributed by atoms with Gasteiger partial charge >= 0.3 is 0 Å². The Labute approximate surface area is 137 Å². The summed E-state index contributed by atoms with van der Waals surface area (Å²) in [5.41, 5.74) is 1.60. The highest BCUT2D eigenvalue weighted by molar-refractivity contribution is 7.71. The number of hydrogen-bond donors (Lipinski definition) is 1. The molecule has 1 N–H and O–H groups in total. The van der Waals surface area contributed by atoms with Crippen molar-refractivity contribution in [3.8, 4) is 17.1 Å². The van der Waals surface area contributed by atoms with Gasteiger partial charge in [-0.2, -0.15) is 14.9 Å². The Bertz CT molecular complexity index is 882. The molecule has 0 aliphatic heterocycles. The summed E-state index contributed by atoms with van der Waals surface area (Å²) in [6.07, 6.45) is 1.66. The molecule has 1 aromatic heterocycles. The number of aromatic amines is 1. The lowest BCUT2D eigenvalue weighted by molar-refractivity contribution is 0.415. The van der Waals surface area contributed by atoms with Gasteiger partial charge in [-0.25, -0.2) is 9.49 Å². The summed E-state index contributed by atoms with van der Waals surface area (Å²) in [5.74, 6) is 0.977. The topological polar surface area (TPSA) is 55.2 Å². The quantitative estimate of drug-likeness (QED) is 0.588. The van der Waals surface area contributed by atoms with Gasteiger partial charge in [-0.15, -0.1) is 0 Å². The van der Waals surface area contributed by atoms with Crippen molar-refractivity contribution in [2.24, 2.45) is 5.10 Å². The molecular formula is C16H13FN4OS. The zero-order chi connectivity index (χ0) is 16.2. The van der Waals surface area contributed by atoms with E-state index >= 15 is 0 Å². The van der Waals surface area contributed by atoms with Crippen LogP contribution in [0.5, 0.6) is 5.75 Å². The highest BCUT2D eigenvalue weighted by atomic mass is 32.1. The van der Waals surface area contributed by atoms with Crippen molar-refractivity contribution in [1.82, 2.24) is 14.9 Å². The van der Waals surface area contributed by atoms with Gasteiger partial charge in [0.15, 0.2) is 5.82 Å². The molecule has 3 aromatic rings. The van der Waals surface area contributed by atoms with Crippen molar-refractivity contribution in [3.63, 3.8) is 0 Å². The molecular weight excluding hydrogens is 315 g/mol. The molecule has 0 aliphatic carbocycles. The number of nitrogens with zero attached hydrogens (tertiary/aromatic N) is 3. The van der Waals surface area contributed by atoms with E-state index in [4.69, 9.17) is 17.0 Å². The van der Waals surface area contributed by atoms with Crippen LogP contribution in [-0.2, 0) is 0 Å². The molecule has 0 spiro atoms. The van der Waals surface area contributed by atoms with Crippen LogP contribution in [-0.4, -0.2) is 28.2 Å². The summed E-state index contributed by atoms with van der Waals surface area (Å²) in [5, 5.41) is 11.2. The average Bonchev–Trinajstić information content (AvgIpc) is 2.95. The van der Waals surface area contributed by atoms with Gasteiger partial charge in [0.1, 0.15) is 11.6 Å². The minimum Gasteiger partial charge on any atom is -0.497 e. The predicted molar refractivity (Wildman–Crippen MR) is 88.8 cm³/mol. The Kier molecular flexibility index (Phi) is 4.29. The smallest absolute Gasteiger partial charge is 0.216 e. The average molecular weight is 328 g/mol. The molecule has 0 fully saturated rings. The second-order valence-electron chi connectivity index (χ2n) is 4.69. The molecule has 0 aliphatic rings. The van der Waals surface area contributed by atoms with Crippen LogP contribution in [0.15, 0.2) is 53.6 Å². The maximum atomic E-state index is 13.0. The summed E-state index contributed by atoms with van der Waals surface area (Å²) in [6, 6.07) is 13.4. The van der Waals surface area contributed by atoms with E-state index in [1.807, 2.05) is 24.3 Å². The second-order valence-corrected chi connectivity index (χ2v) is 5.08. The van der Waals surface area contributed by atoms with E-state index in [2.05, 4.69) is 15.3 Å². The van der Waals surface area contributed by atoms with Gasteiger partial charge in [-0.1, -0.05) is 0 Å². The molecule has 0 amide bonds. The number of aromatic nitrogens is 3. The molecule has 5 nitrogen and oxygen atoms in total. The van der Waals surface area contributed by atoms with Crippen molar-refractivity contribution >= 4 is 18.4 Å². The van der Waals surface area contributed by atoms with E-state index in [1.165, 1.54) is 16.8 Å². The largest absolute Gasteiger partial charge is 0.497 e. The van der Waals surface area contributed by atoms with E-state index < -0.39 is 0 Å². The Morgan fingerprint density at radius 3 is 2.52 bits per heavy atom. The maximum absolute atomic E-state index is 13.0. The first-order chi connectivity index (χ1) is 11.2. The monoisotopic (exact) mass is 328 g/mol. The fourth-order valence-electron chi connectivity index (χ4n) is 2.00. The van der Waals surface area contributed by atoms with E-state index in [-0.39, 0.29) is 5.82 Å². The van der Waals surface area contributed by atoms with Crippen molar-refractivity contribution in [2.75, 3.05) is 7.11 Å². The first-order valence-corrected chi connectivity index (χ1v) is 7.20. The molecule has 2 aromatic carbocycles. The molecule has 0 atom stereocenters. The lowest BCUT2D eigenvalue weighted by atomic mass is 10.2. The molecule has 0 unspecified atom stereocenters. The van der Waals surface area contributed by atoms with E-state index in [9.17, 15) is 4.39 Å². The van der Waals surface area contributed by atoms with Crippen LogP contribution in [0.3, 0.4) is 0 Å². The SMILES string of the molecule is COc1ccc(C=Nn2c(-c3ccc(F)cc3)n[nH]c2=S)cc1. The van der Waals surface area contributed by atoms with Crippen LogP contribution in [0.25, 0.3) is 11.4 Å². The summed E-state index contributed by atoms with van der Waals surface area (Å²) >= 11 is 5.19. The van der Waals surface area contributed by atoms with Crippen LogP contribution >= 0.6 is 12.2 Å². The van der Waals surface area contributed by atoms with Gasteiger partial charge in [0.2, 0.25) is 4.77 Å². The van der Waals surface area contributed by atoms with Gasteiger partial charge in [-0.3, -0.25) is 0 Å². The van der Waals surface area contributed by atoms with Crippen molar-refractivity contribution in [2.45, 2.75) is 0 Å². The maximum Gasteiger partial charge on any atom is 0.216 e. The minimum atomic E-state index is -0.309. The van der Waals surface area contributed by atoms with E-state index in [0.29, 0.717) is 16.2 Å². The molecule has 116 valence electrons. The van der Waals surface area contributed by atoms with Gasteiger partial charge in [0.05, 0.1) is 13.3 Å². The highest BCUT2D eigenvalue weighted by Crippen LogP contribution is 2.17. The van der Waals surface area contributed by atoms with Crippen LogP contribution in [0, 0.1) is 10.6 Å². The number of ether oxygens (including phenoxy) is 1. The summed E-state index contributed by atoms with van der Waals surface area (Å²) in [4.78, 5) is 0. The second kappa shape index (κ2) is 6.53. The first-order valence-electron chi connectivity index (χ1n) is 6.79. The van der Waals surface area contributed by atoms with Crippen LogP contribution in [0.1, 0.15) is 5.56 Å². The molecule has 3 rings (SSSR count). The highest BCUT2D eigenvalue weighted by Gasteiger charge is 2.08. The fraction of sp³-hybridized carbons (Fsp3) is 0.0625. The predicted octanol–water partition coefficient (Wildman–Crippen LogP) is 3.64. The summed E-state index contributed by atoms with van der Waals surface area (Å²) < 4.78 is 20.0. The Balaban J connectivity index is 1.93. The molecule has 23 heavy (non-hydrogen) atoms. The Hall–Kier alpha value is -2.80. The number of hydrogen-bond acceptors (Lipinski definition) is 4. The van der Waals surface area contributed by atoms with Gasteiger partial charge in [0.25, 0.3) is 0 Å². The van der Waals surface area contributed by atoms with E-state index in [1.54, 1.807) is 25.5 Å². The van der Waals surface area contributed by atoms with Gasteiger partial charge in [0, 0.05) is 5.56 Å². The number of H-pyrrole nitrogens is 1. The molecule has 7 heteroatoms. The minimum absolute atomic E-state index is 0.309. The summed E-state index contributed by atoms with van der Waals surface area (Å²) in [6.45, 7) is 0. The van der Waals surface area contributed by atoms with E-state index in [0.717, 1.165) is 11.3 Å². The molecule has 0 saturated carbocycles. The van der Waals surface area contributed by atoms with Crippen molar-refractivity contribution in [3.05, 3.63) is 64.7 Å². The normalized spacial score (nSPS) is 11.0. The molecule has 0 bridgehead atoms. The third-order valence-corrected chi connectivity index (χ3v) is 3.46. The van der Waals surface area contributed by atoms with Crippen molar-refractivity contribution in [1.29, 1.82) is 0 Å². The van der Waals surface area contributed by atoms with Crippen LogP contribution < -0.4 is 4.74 Å². The van der Waals surface area contributed by atoms with Crippen molar-refractivity contribution < 1.29 is 9.13 Å². The van der Waals surface area contributed by atoms with Gasteiger partial charge in [-0.05, 0) is 66.3 Å². The number of rotatable bonds is 4. The number of halogens is 1. The molecule has 0 radical (unpaired) electrons. The Morgan fingerprint density at radius 1 is 1.17 bits per heavy atom. The third kappa shape index (κ3) is 3.35. The molecule has 1 heterocycles. The van der Waals surface area contributed by atoms with Crippen LogP contribution in [0.4, 0.5) is 4.39 Å². The standard InChI is InChI=1S/C16H13FN4OS/c1-22-14-8-2-11(3-9-14)10-18-21-15(19-20-16(21)23)12-4-6-13(17)7-5-12/h2-10H,1H3,(H,20,23). The lowest BCUT2D eigenvalue weighted by Crippen LogP contribution is -1.95. The lowest BCUT2D eigenvalue weighted by Gasteiger charge is -2.01. The zero-order valence-corrected chi connectivity index (χ0v) is 13.0. The van der Waals surface area contributed by atoms with Gasteiger partial charge < -0.3 is 4.74 Å². The number of methoxy groups -OCH3 is 1. The van der Waals surface area contributed by atoms with Crippen LogP contribution in [0.2, 0.25) is 0 Å². The molecule has 0 saturated heterocycles. The number of nitrogens with one attached hydrogen (secondary N) is 1. The summed E-state index contributed by atoms with van der Waals surface area (Å²) in [7, 11) is 1.61.